The van der Waals surface area contributed by atoms with Crippen LogP contribution in [0.5, 0.6) is 0 Å². The molecule has 0 aliphatic carbocycles. The summed E-state index contributed by atoms with van der Waals surface area (Å²) in [6.45, 7) is 5.21. The van der Waals surface area contributed by atoms with Crippen LogP contribution in [0.3, 0.4) is 0 Å². The lowest BCUT2D eigenvalue weighted by atomic mass is 10.1. The number of amides is 1. The summed E-state index contributed by atoms with van der Waals surface area (Å²) in [6, 6.07) is -0.0625. The number of hydrogen-bond acceptors (Lipinski definition) is 5. The van der Waals surface area contributed by atoms with Crippen LogP contribution in [-0.2, 0) is 11.2 Å². The maximum Gasteiger partial charge on any atom is 0.243 e. The second-order valence-electron chi connectivity index (χ2n) is 4.74. The summed E-state index contributed by atoms with van der Waals surface area (Å²) in [5.41, 5.74) is 0. The van der Waals surface area contributed by atoms with Crippen LogP contribution in [0.1, 0.15) is 31.7 Å². The zero-order chi connectivity index (χ0) is 12.3. The summed E-state index contributed by atoms with van der Waals surface area (Å²) in [4.78, 5) is 11.8. The lowest BCUT2D eigenvalue weighted by Crippen LogP contribution is -2.35. The van der Waals surface area contributed by atoms with Gasteiger partial charge in [0, 0.05) is 6.42 Å². The van der Waals surface area contributed by atoms with Crippen molar-refractivity contribution in [3.8, 4) is 0 Å². The zero-order valence-corrected chi connectivity index (χ0v) is 11.0. The monoisotopic (exact) mass is 254 g/mol. The quantitative estimate of drug-likeness (QED) is 0.853. The average molecular weight is 254 g/mol. The maximum absolute atomic E-state index is 11.8. The summed E-state index contributed by atoms with van der Waals surface area (Å²) < 4.78 is 0. The molecule has 1 atom stereocenters. The van der Waals surface area contributed by atoms with E-state index in [0.29, 0.717) is 11.0 Å². The molecular weight excluding hydrogens is 236 g/mol. The molecular formula is C11H18N4OS. The molecule has 6 heteroatoms. The zero-order valence-electron chi connectivity index (χ0n) is 10.2. The summed E-state index contributed by atoms with van der Waals surface area (Å²) in [5, 5.41) is 15.6. The van der Waals surface area contributed by atoms with Crippen molar-refractivity contribution in [2.75, 3.05) is 11.9 Å². The highest BCUT2D eigenvalue weighted by molar-refractivity contribution is 7.15. The number of rotatable bonds is 4. The van der Waals surface area contributed by atoms with E-state index in [1.54, 1.807) is 0 Å². The van der Waals surface area contributed by atoms with Crippen LogP contribution < -0.4 is 10.6 Å². The molecule has 1 fully saturated rings. The minimum Gasteiger partial charge on any atom is -0.306 e. The van der Waals surface area contributed by atoms with Gasteiger partial charge in [-0.15, -0.1) is 10.2 Å². The summed E-state index contributed by atoms with van der Waals surface area (Å²) >= 11 is 1.47. The first-order valence-electron chi connectivity index (χ1n) is 6.02. The predicted octanol–water partition coefficient (Wildman–Crippen LogP) is 1.43. The smallest absolute Gasteiger partial charge is 0.243 e. The van der Waals surface area contributed by atoms with E-state index in [0.717, 1.165) is 30.8 Å². The molecule has 94 valence electrons. The van der Waals surface area contributed by atoms with E-state index in [-0.39, 0.29) is 11.9 Å². The molecule has 1 aliphatic heterocycles. The minimum atomic E-state index is -0.0625. The van der Waals surface area contributed by atoms with E-state index in [1.807, 2.05) is 0 Å². The van der Waals surface area contributed by atoms with Crippen LogP contribution in [0.2, 0.25) is 0 Å². The van der Waals surface area contributed by atoms with Gasteiger partial charge in [-0.25, -0.2) is 0 Å². The van der Waals surface area contributed by atoms with Crippen molar-refractivity contribution in [1.82, 2.24) is 15.5 Å². The average Bonchev–Trinajstić information content (AvgIpc) is 2.87. The van der Waals surface area contributed by atoms with Gasteiger partial charge in [0.15, 0.2) is 0 Å². The van der Waals surface area contributed by atoms with Crippen molar-refractivity contribution >= 4 is 22.4 Å². The molecule has 1 saturated heterocycles. The Bertz CT molecular complexity index is 385. The van der Waals surface area contributed by atoms with Crippen molar-refractivity contribution in [1.29, 1.82) is 0 Å². The Labute approximate surface area is 105 Å². The lowest BCUT2D eigenvalue weighted by Gasteiger charge is -2.07. The number of nitrogens with one attached hydrogen (secondary N) is 2. The minimum absolute atomic E-state index is 0.00902. The molecule has 1 amide bonds. The molecule has 1 unspecified atom stereocenters. The van der Waals surface area contributed by atoms with Crippen molar-refractivity contribution in [2.45, 2.75) is 39.2 Å². The highest BCUT2D eigenvalue weighted by Gasteiger charge is 2.22. The molecule has 17 heavy (non-hydrogen) atoms. The standard InChI is InChI=1S/C11H18N4OS/c1-7(2)6-9-14-15-11(17-9)13-10(16)8-4-3-5-12-8/h7-8,12H,3-6H2,1-2H3,(H,13,15,16). The van der Waals surface area contributed by atoms with Gasteiger partial charge >= 0.3 is 0 Å². The molecule has 0 bridgehead atoms. The molecule has 0 spiro atoms. The molecule has 0 aromatic carbocycles. The SMILES string of the molecule is CC(C)Cc1nnc(NC(=O)C2CCCN2)s1. The van der Waals surface area contributed by atoms with Crippen LogP contribution in [0, 0.1) is 5.92 Å². The number of nitrogens with zero attached hydrogens (tertiary/aromatic N) is 2. The van der Waals surface area contributed by atoms with E-state index in [1.165, 1.54) is 11.3 Å². The Morgan fingerprint density at radius 2 is 2.41 bits per heavy atom. The van der Waals surface area contributed by atoms with Gasteiger partial charge < -0.3 is 5.32 Å². The van der Waals surface area contributed by atoms with Gasteiger partial charge in [0.25, 0.3) is 0 Å². The molecule has 0 saturated carbocycles. The first kappa shape index (κ1) is 12.4. The summed E-state index contributed by atoms with van der Waals surface area (Å²) in [6.07, 6.45) is 2.88. The van der Waals surface area contributed by atoms with Gasteiger partial charge in [0.05, 0.1) is 6.04 Å². The van der Waals surface area contributed by atoms with Crippen LogP contribution >= 0.6 is 11.3 Å². The highest BCUT2D eigenvalue weighted by atomic mass is 32.1. The Balaban J connectivity index is 1.89. The van der Waals surface area contributed by atoms with E-state index < -0.39 is 0 Å². The van der Waals surface area contributed by atoms with Crippen LogP contribution in [0.4, 0.5) is 5.13 Å². The van der Waals surface area contributed by atoms with Gasteiger partial charge in [-0.2, -0.15) is 0 Å². The topological polar surface area (TPSA) is 66.9 Å². The van der Waals surface area contributed by atoms with Crippen molar-refractivity contribution in [3.63, 3.8) is 0 Å². The van der Waals surface area contributed by atoms with Gasteiger partial charge in [-0.1, -0.05) is 25.2 Å². The third-order valence-corrected chi connectivity index (χ3v) is 3.52. The molecule has 1 aromatic rings. The fourth-order valence-corrected chi connectivity index (χ4v) is 2.79. The van der Waals surface area contributed by atoms with E-state index in [9.17, 15) is 4.79 Å². The Morgan fingerprint density at radius 3 is 3.06 bits per heavy atom. The van der Waals surface area contributed by atoms with Gasteiger partial charge in [-0.05, 0) is 25.3 Å². The Morgan fingerprint density at radius 1 is 1.59 bits per heavy atom. The van der Waals surface area contributed by atoms with Gasteiger partial charge in [0.1, 0.15) is 5.01 Å². The summed E-state index contributed by atoms with van der Waals surface area (Å²) in [7, 11) is 0. The highest BCUT2D eigenvalue weighted by Crippen LogP contribution is 2.19. The molecule has 2 heterocycles. The third kappa shape index (κ3) is 3.47. The van der Waals surface area contributed by atoms with Crippen molar-refractivity contribution in [3.05, 3.63) is 5.01 Å². The molecule has 5 nitrogen and oxygen atoms in total. The third-order valence-electron chi connectivity index (χ3n) is 2.66. The second kappa shape index (κ2) is 5.55. The number of anilines is 1. The van der Waals surface area contributed by atoms with E-state index in [4.69, 9.17) is 0 Å². The fourth-order valence-electron chi connectivity index (χ4n) is 1.84. The summed E-state index contributed by atoms with van der Waals surface area (Å²) in [5.74, 6) is 0.567. The van der Waals surface area contributed by atoms with Crippen LogP contribution in [0.15, 0.2) is 0 Å². The second-order valence-corrected chi connectivity index (χ2v) is 5.80. The lowest BCUT2D eigenvalue weighted by molar-refractivity contribution is -0.117. The largest absolute Gasteiger partial charge is 0.306 e. The van der Waals surface area contributed by atoms with Crippen molar-refractivity contribution in [2.24, 2.45) is 5.92 Å². The van der Waals surface area contributed by atoms with E-state index >= 15 is 0 Å². The predicted molar refractivity (Wildman–Crippen MR) is 68.1 cm³/mol. The molecule has 0 radical (unpaired) electrons. The van der Waals surface area contributed by atoms with Crippen LogP contribution in [0.25, 0.3) is 0 Å². The normalized spacial score (nSPS) is 19.8. The van der Waals surface area contributed by atoms with Gasteiger partial charge in [-0.3, -0.25) is 10.1 Å². The number of carbonyl (C=O) groups is 1. The first-order chi connectivity index (χ1) is 8.15. The van der Waals surface area contributed by atoms with Crippen molar-refractivity contribution < 1.29 is 4.79 Å². The molecule has 1 aliphatic rings. The maximum atomic E-state index is 11.8. The molecule has 2 rings (SSSR count). The Kier molecular flexibility index (Phi) is 4.06. The molecule has 1 aromatic heterocycles. The van der Waals surface area contributed by atoms with E-state index in [2.05, 4.69) is 34.7 Å². The number of hydrogen-bond donors (Lipinski definition) is 2. The molecule has 2 N–H and O–H groups in total. The van der Waals surface area contributed by atoms with Gasteiger partial charge in [0.2, 0.25) is 11.0 Å². The first-order valence-corrected chi connectivity index (χ1v) is 6.83. The fraction of sp³-hybridized carbons (Fsp3) is 0.727. The number of aromatic nitrogens is 2. The van der Waals surface area contributed by atoms with Crippen LogP contribution in [-0.4, -0.2) is 28.7 Å². The number of carbonyl (C=O) groups excluding carboxylic acids is 1. The Hall–Kier alpha value is -1.01.